The summed E-state index contributed by atoms with van der Waals surface area (Å²) in [4.78, 5) is 17.8. The molecule has 16 heavy (non-hydrogen) atoms. The number of rotatable bonds is 4. The maximum Gasteiger partial charge on any atom is 0.240 e. The van der Waals surface area contributed by atoms with Crippen molar-refractivity contribution in [2.45, 2.75) is 6.42 Å². The van der Waals surface area contributed by atoms with Gasteiger partial charge in [0.25, 0.3) is 0 Å². The lowest BCUT2D eigenvalue weighted by Gasteiger charge is -2.14. The van der Waals surface area contributed by atoms with Gasteiger partial charge in [0, 0.05) is 18.1 Å². The zero-order valence-electron chi connectivity index (χ0n) is 9.06. The molecule has 88 valence electrons. The van der Waals surface area contributed by atoms with Gasteiger partial charge in [-0.25, -0.2) is 4.98 Å². The smallest absolute Gasteiger partial charge is 0.240 e. The van der Waals surface area contributed by atoms with E-state index in [-0.39, 0.29) is 5.91 Å². The average Bonchev–Trinajstić information content (AvgIpc) is 2.89. The Bertz CT molecular complexity index is 341. The molecule has 1 aliphatic heterocycles. The summed E-state index contributed by atoms with van der Waals surface area (Å²) < 4.78 is 0. The minimum absolute atomic E-state index is 0.00706. The minimum atomic E-state index is 0.00706. The van der Waals surface area contributed by atoms with Crippen molar-refractivity contribution in [2.75, 3.05) is 31.5 Å². The standard InChI is InChI=1S/C10H16N4OS/c11-5-8-1-3-14(6-8)7-9(15)13-10-12-2-4-16-10/h2,4,8H,1,3,5-7,11H2,(H,12,13,15). The predicted octanol–water partition coefficient (Wildman–Crippen LogP) is 0.362. The van der Waals surface area contributed by atoms with Crippen molar-refractivity contribution in [1.82, 2.24) is 9.88 Å². The highest BCUT2D eigenvalue weighted by atomic mass is 32.1. The van der Waals surface area contributed by atoms with Crippen LogP contribution in [0.2, 0.25) is 0 Å². The first kappa shape index (κ1) is 11.5. The maximum atomic E-state index is 11.6. The lowest BCUT2D eigenvalue weighted by Crippen LogP contribution is -2.32. The molecule has 1 aliphatic rings. The molecule has 0 bridgehead atoms. The zero-order chi connectivity index (χ0) is 11.4. The van der Waals surface area contributed by atoms with E-state index in [9.17, 15) is 4.79 Å². The zero-order valence-corrected chi connectivity index (χ0v) is 9.87. The molecule has 1 aromatic rings. The summed E-state index contributed by atoms with van der Waals surface area (Å²) >= 11 is 1.43. The topological polar surface area (TPSA) is 71.2 Å². The molecule has 0 radical (unpaired) electrons. The van der Waals surface area contributed by atoms with Crippen LogP contribution >= 0.6 is 11.3 Å². The molecule has 0 aromatic carbocycles. The van der Waals surface area contributed by atoms with Crippen molar-refractivity contribution < 1.29 is 4.79 Å². The molecule has 1 saturated heterocycles. The van der Waals surface area contributed by atoms with Gasteiger partial charge in [0.1, 0.15) is 0 Å². The molecule has 1 atom stereocenters. The van der Waals surface area contributed by atoms with E-state index < -0.39 is 0 Å². The number of likely N-dealkylation sites (tertiary alicyclic amines) is 1. The van der Waals surface area contributed by atoms with Crippen LogP contribution in [0.25, 0.3) is 0 Å². The first-order valence-electron chi connectivity index (χ1n) is 5.39. The van der Waals surface area contributed by atoms with Gasteiger partial charge >= 0.3 is 0 Å². The molecular formula is C10H16N4OS. The summed E-state index contributed by atoms with van der Waals surface area (Å²) in [5.41, 5.74) is 5.60. The van der Waals surface area contributed by atoms with Gasteiger partial charge in [0.15, 0.2) is 5.13 Å². The van der Waals surface area contributed by atoms with Gasteiger partial charge in [0.2, 0.25) is 5.91 Å². The second kappa shape index (κ2) is 5.38. The number of nitrogens with zero attached hydrogens (tertiary/aromatic N) is 2. The number of anilines is 1. The van der Waals surface area contributed by atoms with Crippen LogP contribution in [0, 0.1) is 5.92 Å². The van der Waals surface area contributed by atoms with Gasteiger partial charge in [-0.05, 0) is 25.4 Å². The average molecular weight is 240 g/mol. The Kier molecular flexibility index (Phi) is 3.87. The fraction of sp³-hybridized carbons (Fsp3) is 0.600. The van der Waals surface area contributed by atoms with Crippen LogP contribution in [0.1, 0.15) is 6.42 Å². The lowest BCUT2D eigenvalue weighted by molar-refractivity contribution is -0.117. The van der Waals surface area contributed by atoms with E-state index in [0.29, 0.717) is 24.1 Å². The molecule has 1 amide bonds. The van der Waals surface area contributed by atoms with Crippen molar-refractivity contribution in [3.8, 4) is 0 Å². The van der Waals surface area contributed by atoms with Crippen LogP contribution in [0.3, 0.4) is 0 Å². The minimum Gasteiger partial charge on any atom is -0.330 e. The summed E-state index contributed by atoms with van der Waals surface area (Å²) in [6.07, 6.45) is 2.78. The second-order valence-corrected chi connectivity index (χ2v) is 4.91. The van der Waals surface area contributed by atoms with E-state index in [1.165, 1.54) is 11.3 Å². The Morgan fingerprint density at radius 1 is 1.75 bits per heavy atom. The Morgan fingerprint density at radius 2 is 2.62 bits per heavy atom. The number of amides is 1. The van der Waals surface area contributed by atoms with Crippen LogP contribution in [0.15, 0.2) is 11.6 Å². The van der Waals surface area contributed by atoms with Crippen molar-refractivity contribution in [3.05, 3.63) is 11.6 Å². The highest BCUT2D eigenvalue weighted by molar-refractivity contribution is 7.13. The Morgan fingerprint density at radius 3 is 3.25 bits per heavy atom. The summed E-state index contributed by atoms with van der Waals surface area (Å²) in [7, 11) is 0. The van der Waals surface area contributed by atoms with Crippen LogP contribution in [-0.4, -0.2) is 42.0 Å². The van der Waals surface area contributed by atoms with Crippen molar-refractivity contribution in [2.24, 2.45) is 11.7 Å². The second-order valence-electron chi connectivity index (χ2n) is 4.01. The Balaban J connectivity index is 1.76. The van der Waals surface area contributed by atoms with Crippen molar-refractivity contribution in [3.63, 3.8) is 0 Å². The van der Waals surface area contributed by atoms with Gasteiger partial charge in [-0.15, -0.1) is 11.3 Å². The fourth-order valence-electron chi connectivity index (χ4n) is 1.90. The number of hydrogen-bond acceptors (Lipinski definition) is 5. The number of nitrogens with two attached hydrogens (primary N) is 1. The number of nitrogens with one attached hydrogen (secondary N) is 1. The van der Waals surface area contributed by atoms with Gasteiger partial charge in [-0.2, -0.15) is 0 Å². The molecular weight excluding hydrogens is 224 g/mol. The van der Waals surface area contributed by atoms with Crippen LogP contribution in [0.4, 0.5) is 5.13 Å². The molecule has 6 heteroatoms. The van der Waals surface area contributed by atoms with E-state index in [2.05, 4.69) is 15.2 Å². The van der Waals surface area contributed by atoms with Crippen LogP contribution in [-0.2, 0) is 4.79 Å². The summed E-state index contributed by atoms with van der Waals surface area (Å²) in [5, 5.41) is 5.29. The molecule has 5 nitrogen and oxygen atoms in total. The van der Waals surface area contributed by atoms with Gasteiger partial charge in [-0.1, -0.05) is 0 Å². The lowest BCUT2D eigenvalue weighted by atomic mass is 10.1. The number of thiazole rings is 1. The third kappa shape index (κ3) is 3.01. The number of aromatic nitrogens is 1. The first-order valence-corrected chi connectivity index (χ1v) is 6.27. The van der Waals surface area contributed by atoms with Crippen LogP contribution in [0.5, 0.6) is 0 Å². The van der Waals surface area contributed by atoms with Gasteiger partial charge in [-0.3, -0.25) is 9.69 Å². The predicted molar refractivity (Wildman–Crippen MR) is 64.3 cm³/mol. The fourth-order valence-corrected chi connectivity index (χ4v) is 2.44. The first-order chi connectivity index (χ1) is 7.78. The Labute approximate surface area is 98.7 Å². The van der Waals surface area contributed by atoms with Crippen LogP contribution < -0.4 is 11.1 Å². The number of carbonyl (C=O) groups excluding carboxylic acids is 1. The maximum absolute atomic E-state index is 11.6. The highest BCUT2D eigenvalue weighted by Gasteiger charge is 2.22. The molecule has 2 rings (SSSR count). The largest absolute Gasteiger partial charge is 0.330 e. The van der Waals surface area contributed by atoms with Crippen molar-refractivity contribution in [1.29, 1.82) is 0 Å². The number of carbonyl (C=O) groups is 1. The molecule has 0 aliphatic carbocycles. The van der Waals surface area contributed by atoms with Crippen molar-refractivity contribution >= 4 is 22.4 Å². The summed E-state index contributed by atoms with van der Waals surface area (Å²) in [6.45, 7) is 3.05. The third-order valence-electron chi connectivity index (χ3n) is 2.75. The molecule has 2 heterocycles. The third-order valence-corrected chi connectivity index (χ3v) is 3.44. The quantitative estimate of drug-likeness (QED) is 0.797. The van der Waals surface area contributed by atoms with E-state index in [1.54, 1.807) is 6.20 Å². The van der Waals surface area contributed by atoms with E-state index in [1.807, 2.05) is 5.38 Å². The van der Waals surface area contributed by atoms with E-state index in [0.717, 1.165) is 19.5 Å². The number of hydrogen-bond donors (Lipinski definition) is 2. The molecule has 0 spiro atoms. The molecule has 0 saturated carbocycles. The van der Waals surface area contributed by atoms with Gasteiger partial charge in [0.05, 0.1) is 6.54 Å². The highest BCUT2D eigenvalue weighted by Crippen LogP contribution is 2.15. The molecule has 3 N–H and O–H groups in total. The Hall–Kier alpha value is -0.980. The van der Waals surface area contributed by atoms with Gasteiger partial charge < -0.3 is 11.1 Å². The monoisotopic (exact) mass is 240 g/mol. The van der Waals surface area contributed by atoms with E-state index in [4.69, 9.17) is 5.73 Å². The SMILES string of the molecule is NCC1CCN(CC(=O)Nc2nccs2)C1. The molecule has 1 fully saturated rings. The summed E-state index contributed by atoms with van der Waals surface area (Å²) in [6, 6.07) is 0. The molecule has 1 aromatic heterocycles. The summed E-state index contributed by atoms with van der Waals surface area (Å²) in [5.74, 6) is 0.556. The molecule has 1 unspecified atom stereocenters. The normalized spacial score (nSPS) is 21.2. The van der Waals surface area contributed by atoms with E-state index >= 15 is 0 Å².